The lowest BCUT2D eigenvalue weighted by atomic mass is 10.1. The first kappa shape index (κ1) is 14.3. The molecular weight excluding hydrogens is 310 g/mol. The predicted molar refractivity (Wildman–Crippen MR) is 76.0 cm³/mol. The highest BCUT2D eigenvalue weighted by atomic mass is 79.9. The van der Waals surface area contributed by atoms with Crippen LogP contribution in [0, 0.1) is 5.92 Å². The van der Waals surface area contributed by atoms with Crippen LogP contribution in [0.1, 0.15) is 19.3 Å². The Bertz CT molecular complexity index is 438. The average Bonchev–Trinajstić information content (AvgIpc) is 2.80. The summed E-state index contributed by atoms with van der Waals surface area (Å²) in [5.74, 6) is 0.694. The molecule has 5 heteroatoms. The Morgan fingerprint density at radius 1 is 1.47 bits per heavy atom. The molecule has 2 atom stereocenters. The van der Waals surface area contributed by atoms with E-state index in [1.165, 1.54) is 0 Å². The molecule has 19 heavy (non-hydrogen) atoms. The van der Waals surface area contributed by atoms with E-state index in [0.29, 0.717) is 12.3 Å². The summed E-state index contributed by atoms with van der Waals surface area (Å²) < 4.78 is 6.30. The number of hydrogen-bond donors (Lipinski definition) is 2. The highest BCUT2D eigenvalue weighted by molar-refractivity contribution is 9.10. The van der Waals surface area contributed by atoms with Gasteiger partial charge in [0.1, 0.15) is 5.75 Å². The van der Waals surface area contributed by atoms with Crippen LogP contribution in [0.3, 0.4) is 0 Å². The highest BCUT2D eigenvalue weighted by Crippen LogP contribution is 2.24. The first-order valence-corrected chi connectivity index (χ1v) is 7.27. The molecule has 2 rings (SSSR count). The second-order valence-corrected chi connectivity index (χ2v) is 5.72. The van der Waals surface area contributed by atoms with Crippen molar-refractivity contribution < 1.29 is 14.6 Å². The lowest BCUT2D eigenvalue weighted by molar-refractivity contribution is -0.123. The van der Waals surface area contributed by atoms with Gasteiger partial charge in [-0.3, -0.25) is 4.79 Å². The van der Waals surface area contributed by atoms with Gasteiger partial charge in [-0.25, -0.2) is 0 Å². The monoisotopic (exact) mass is 327 g/mol. The number of halogens is 1. The van der Waals surface area contributed by atoms with E-state index in [2.05, 4.69) is 21.2 Å². The molecule has 1 aliphatic rings. The van der Waals surface area contributed by atoms with Gasteiger partial charge in [-0.15, -0.1) is 0 Å². The second kappa shape index (κ2) is 6.91. The fourth-order valence-corrected chi connectivity index (χ4v) is 2.64. The Kier molecular flexibility index (Phi) is 5.22. The van der Waals surface area contributed by atoms with E-state index in [9.17, 15) is 9.90 Å². The van der Waals surface area contributed by atoms with Gasteiger partial charge < -0.3 is 15.2 Å². The first-order chi connectivity index (χ1) is 9.15. The van der Waals surface area contributed by atoms with Crippen LogP contribution in [-0.2, 0) is 4.79 Å². The summed E-state index contributed by atoms with van der Waals surface area (Å²) in [7, 11) is 0. The number of carbonyl (C=O) groups is 1. The van der Waals surface area contributed by atoms with Gasteiger partial charge in [0, 0.05) is 16.9 Å². The summed E-state index contributed by atoms with van der Waals surface area (Å²) in [6.07, 6.45) is 2.59. The van der Waals surface area contributed by atoms with Gasteiger partial charge in [-0.2, -0.15) is 0 Å². The molecule has 4 nitrogen and oxygen atoms in total. The van der Waals surface area contributed by atoms with Gasteiger partial charge in [0.2, 0.25) is 0 Å². The van der Waals surface area contributed by atoms with Crippen LogP contribution in [0.25, 0.3) is 0 Å². The molecular formula is C14H18BrNO3. The second-order valence-electron chi connectivity index (χ2n) is 4.81. The zero-order chi connectivity index (χ0) is 13.7. The van der Waals surface area contributed by atoms with Crippen LogP contribution in [0.15, 0.2) is 28.7 Å². The van der Waals surface area contributed by atoms with E-state index in [1.54, 1.807) is 6.07 Å². The number of benzene rings is 1. The number of rotatable bonds is 5. The summed E-state index contributed by atoms with van der Waals surface area (Å²) in [4.78, 5) is 11.6. The molecule has 1 aliphatic carbocycles. The smallest absolute Gasteiger partial charge is 0.257 e. The van der Waals surface area contributed by atoms with Crippen LogP contribution < -0.4 is 10.1 Å². The van der Waals surface area contributed by atoms with Crippen molar-refractivity contribution in [1.29, 1.82) is 0 Å². The Balaban J connectivity index is 1.70. The van der Waals surface area contributed by atoms with Crippen molar-refractivity contribution >= 4 is 21.8 Å². The van der Waals surface area contributed by atoms with Gasteiger partial charge in [0.25, 0.3) is 5.91 Å². The summed E-state index contributed by atoms with van der Waals surface area (Å²) >= 11 is 3.34. The normalized spacial score (nSPS) is 22.2. The first-order valence-electron chi connectivity index (χ1n) is 6.48. The summed E-state index contributed by atoms with van der Waals surface area (Å²) in [5.41, 5.74) is 0. The van der Waals surface area contributed by atoms with Crippen molar-refractivity contribution in [3.05, 3.63) is 28.7 Å². The fraction of sp³-hybridized carbons (Fsp3) is 0.500. The molecule has 0 heterocycles. The number of carbonyl (C=O) groups excluding carboxylic acids is 1. The number of ether oxygens (including phenoxy) is 1. The number of amides is 1. The average molecular weight is 328 g/mol. The molecule has 2 N–H and O–H groups in total. The maximum Gasteiger partial charge on any atom is 0.257 e. The third kappa shape index (κ3) is 4.51. The minimum absolute atomic E-state index is 0.000726. The molecule has 1 aromatic carbocycles. The van der Waals surface area contributed by atoms with Gasteiger partial charge in [-0.1, -0.05) is 28.4 Å². The highest BCUT2D eigenvalue weighted by Gasteiger charge is 2.25. The number of hydrogen-bond acceptors (Lipinski definition) is 3. The van der Waals surface area contributed by atoms with Crippen molar-refractivity contribution in [2.45, 2.75) is 25.4 Å². The quantitative estimate of drug-likeness (QED) is 0.870. The lowest BCUT2D eigenvalue weighted by Crippen LogP contribution is -2.35. The lowest BCUT2D eigenvalue weighted by Gasteiger charge is -2.15. The topological polar surface area (TPSA) is 58.6 Å². The van der Waals surface area contributed by atoms with Crippen LogP contribution in [0.4, 0.5) is 0 Å². The molecule has 2 unspecified atom stereocenters. The summed E-state index contributed by atoms with van der Waals surface area (Å²) in [5, 5.41) is 12.5. The number of aliphatic hydroxyl groups is 1. The van der Waals surface area contributed by atoms with Crippen molar-refractivity contribution in [3.63, 3.8) is 0 Å². The molecule has 0 aliphatic heterocycles. The molecule has 0 saturated heterocycles. The third-order valence-corrected chi connectivity index (χ3v) is 3.84. The molecule has 0 bridgehead atoms. The van der Waals surface area contributed by atoms with E-state index in [4.69, 9.17) is 4.74 Å². The standard InChI is InChI=1S/C14H18BrNO3/c15-11-4-2-5-12(7-11)19-9-14(18)16-8-10-3-1-6-13(10)17/h2,4-5,7,10,13,17H,1,3,6,8-9H2,(H,16,18). The van der Waals surface area contributed by atoms with Crippen LogP contribution in [-0.4, -0.2) is 30.3 Å². The summed E-state index contributed by atoms with van der Waals surface area (Å²) in [6.45, 7) is 0.529. The molecule has 1 amide bonds. The zero-order valence-corrected chi connectivity index (χ0v) is 12.2. The Labute approximate surface area is 121 Å². The minimum Gasteiger partial charge on any atom is -0.484 e. The summed E-state index contributed by atoms with van der Waals surface area (Å²) in [6, 6.07) is 7.37. The van der Waals surface area contributed by atoms with Crippen molar-refractivity contribution in [2.24, 2.45) is 5.92 Å². The van der Waals surface area contributed by atoms with Crippen molar-refractivity contribution in [3.8, 4) is 5.75 Å². The molecule has 0 radical (unpaired) electrons. The fourth-order valence-electron chi connectivity index (χ4n) is 2.26. The van der Waals surface area contributed by atoms with Gasteiger partial charge in [0.15, 0.2) is 6.61 Å². The third-order valence-electron chi connectivity index (χ3n) is 3.35. The Morgan fingerprint density at radius 2 is 2.32 bits per heavy atom. The molecule has 1 aromatic rings. The van der Waals surface area contributed by atoms with Crippen molar-refractivity contribution in [1.82, 2.24) is 5.32 Å². The minimum atomic E-state index is -0.272. The number of nitrogens with one attached hydrogen (secondary N) is 1. The van der Waals surface area contributed by atoms with E-state index in [1.807, 2.05) is 18.2 Å². The van der Waals surface area contributed by atoms with Crippen LogP contribution in [0.5, 0.6) is 5.75 Å². The Morgan fingerprint density at radius 3 is 3.00 bits per heavy atom. The van der Waals surface area contributed by atoms with Crippen LogP contribution in [0.2, 0.25) is 0 Å². The molecule has 0 aromatic heterocycles. The van der Waals surface area contributed by atoms with E-state index in [-0.39, 0.29) is 24.5 Å². The predicted octanol–water partition coefficient (Wildman–Crippen LogP) is 2.11. The van der Waals surface area contributed by atoms with E-state index >= 15 is 0 Å². The Hall–Kier alpha value is -1.07. The van der Waals surface area contributed by atoms with Gasteiger partial charge in [0.05, 0.1) is 6.10 Å². The van der Waals surface area contributed by atoms with Gasteiger partial charge >= 0.3 is 0 Å². The maximum atomic E-state index is 11.6. The molecule has 104 valence electrons. The molecule has 1 saturated carbocycles. The molecule has 1 fully saturated rings. The van der Waals surface area contributed by atoms with Crippen molar-refractivity contribution in [2.75, 3.05) is 13.2 Å². The zero-order valence-electron chi connectivity index (χ0n) is 10.6. The van der Waals surface area contributed by atoms with Gasteiger partial charge in [-0.05, 0) is 31.0 Å². The molecule has 0 spiro atoms. The van der Waals surface area contributed by atoms with E-state index in [0.717, 1.165) is 23.7 Å². The largest absolute Gasteiger partial charge is 0.484 e. The maximum absolute atomic E-state index is 11.6. The SMILES string of the molecule is O=C(COc1cccc(Br)c1)NCC1CCCC1O. The van der Waals surface area contributed by atoms with Crippen LogP contribution >= 0.6 is 15.9 Å². The number of aliphatic hydroxyl groups excluding tert-OH is 1. The van der Waals surface area contributed by atoms with E-state index < -0.39 is 0 Å².